The van der Waals surface area contributed by atoms with Crippen molar-refractivity contribution in [2.75, 3.05) is 6.54 Å². The van der Waals surface area contributed by atoms with Crippen LogP contribution in [0.3, 0.4) is 0 Å². The minimum absolute atomic E-state index is 0.0325. The van der Waals surface area contributed by atoms with Gasteiger partial charge in [-0.3, -0.25) is 4.79 Å². The highest BCUT2D eigenvalue weighted by Crippen LogP contribution is 2.17. The Labute approximate surface area is 87.3 Å². The maximum absolute atomic E-state index is 10.5. The van der Waals surface area contributed by atoms with Gasteiger partial charge in [0, 0.05) is 0 Å². The lowest BCUT2D eigenvalue weighted by atomic mass is 10.1. The molecule has 0 spiro atoms. The predicted octanol–water partition coefficient (Wildman–Crippen LogP) is 0.329. The van der Waals surface area contributed by atoms with Crippen LogP contribution in [0.15, 0.2) is 18.2 Å². The van der Waals surface area contributed by atoms with Crippen LogP contribution in [0.2, 0.25) is 0 Å². The van der Waals surface area contributed by atoms with Crippen LogP contribution in [-0.4, -0.2) is 22.7 Å². The number of phenols is 1. The van der Waals surface area contributed by atoms with Crippen LogP contribution in [0.4, 0.5) is 0 Å². The minimum atomic E-state index is -0.918. The first kappa shape index (κ1) is 11.1. The minimum Gasteiger partial charge on any atom is -0.507 e. The zero-order valence-corrected chi connectivity index (χ0v) is 8.03. The highest BCUT2D eigenvalue weighted by Gasteiger charge is 2.03. The monoisotopic (exact) mass is 205 g/mol. The van der Waals surface area contributed by atoms with E-state index in [4.69, 9.17) is 10.8 Å². The summed E-state index contributed by atoms with van der Waals surface area (Å²) < 4.78 is 0. The topological polar surface area (TPSA) is 83.6 Å². The van der Waals surface area contributed by atoms with Crippen LogP contribution in [0.5, 0.6) is 5.75 Å². The second-order valence-corrected chi connectivity index (χ2v) is 2.93. The molecule has 0 heterocycles. The molecule has 4 nitrogen and oxygen atoms in total. The maximum atomic E-state index is 10.5. The number of hydrogen-bond acceptors (Lipinski definition) is 3. The van der Waals surface area contributed by atoms with E-state index in [1.165, 1.54) is 6.07 Å². The summed E-state index contributed by atoms with van der Waals surface area (Å²) in [5, 5.41) is 18.0. The van der Waals surface area contributed by atoms with E-state index in [0.717, 1.165) is 0 Å². The molecule has 0 radical (unpaired) electrons. The number of nitrogens with two attached hydrogens (primary N) is 1. The van der Waals surface area contributed by atoms with Gasteiger partial charge in [0.05, 0.1) is 18.5 Å². The van der Waals surface area contributed by atoms with Gasteiger partial charge in [-0.25, -0.2) is 0 Å². The Morgan fingerprint density at radius 2 is 2.20 bits per heavy atom. The van der Waals surface area contributed by atoms with Gasteiger partial charge in [-0.15, -0.1) is 0 Å². The molecule has 0 amide bonds. The number of aliphatic carboxylic acids is 1. The molecule has 1 aromatic rings. The van der Waals surface area contributed by atoms with Crippen molar-refractivity contribution in [2.45, 2.75) is 6.42 Å². The van der Waals surface area contributed by atoms with Gasteiger partial charge in [-0.05, 0) is 17.7 Å². The van der Waals surface area contributed by atoms with Crippen molar-refractivity contribution >= 4 is 5.97 Å². The van der Waals surface area contributed by atoms with Gasteiger partial charge in [-0.1, -0.05) is 17.9 Å². The number of carboxylic acids is 1. The number of aromatic hydroxyl groups is 1. The van der Waals surface area contributed by atoms with E-state index in [0.29, 0.717) is 11.1 Å². The van der Waals surface area contributed by atoms with Gasteiger partial charge in [0.1, 0.15) is 5.75 Å². The molecule has 15 heavy (non-hydrogen) atoms. The van der Waals surface area contributed by atoms with E-state index in [2.05, 4.69) is 11.8 Å². The summed E-state index contributed by atoms with van der Waals surface area (Å²) in [5.74, 6) is 4.38. The van der Waals surface area contributed by atoms with Crippen molar-refractivity contribution in [3.8, 4) is 17.6 Å². The third-order valence-corrected chi connectivity index (χ3v) is 1.74. The van der Waals surface area contributed by atoms with Crippen LogP contribution in [0, 0.1) is 11.8 Å². The van der Waals surface area contributed by atoms with E-state index in [1.807, 2.05) is 0 Å². The first-order valence-electron chi connectivity index (χ1n) is 4.36. The number of phenolic OH excluding ortho intramolecular Hbond substituents is 1. The third kappa shape index (κ3) is 3.33. The smallest absolute Gasteiger partial charge is 0.307 e. The average Bonchev–Trinajstić information content (AvgIpc) is 2.18. The fourth-order valence-electron chi connectivity index (χ4n) is 1.11. The highest BCUT2D eigenvalue weighted by molar-refractivity contribution is 5.70. The van der Waals surface area contributed by atoms with Crippen molar-refractivity contribution in [1.29, 1.82) is 0 Å². The molecule has 0 bridgehead atoms. The van der Waals surface area contributed by atoms with Crippen molar-refractivity contribution in [1.82, 2.24) is 0 Å². The lowest BCUT2D eigenvalue weighted by molar-refractivity contribution is -0.136. The Balaban J connectivity index is 2.99. The lowest BCUT2D eigenvalue weighted by Gasteiger charge is -2.00. The van der Waals surface area contributed by atoms with Crippen LogP contribution in [0.25, 0.3) is 0 Å². The summed E-state index contributed by atoms with van der Waals surface area (Å²) in [5.41, 5.74) is 6.20. The van der Waals surface area contributed by atoms with Crippen LogP contribution in [0.1, 0.15) is 11.1 Å². The average molecular weight is 205 g/mol. The molecule has 0 saturated heterocycles. The van der Waals surface area contributed by atoms with Crippen molar-refractivity contribution in [3.63, 3.8) is 0 Å². The van der Waals surface area contributed by atoms with Crippen molar-refractivity contribution < 1.29 is 15.0 Å². The first-order chi connectivity index (χ1) is 7.13. The second kappa shape index (κ2) is 5.03. The van der Waals surface area contributed by atoms with Gasteiger partial charge in [0.2, 0.25) is 0 Å². The predicted molar refractivity (Wildman–Crippen MR) is 55.4 cm³/mol. The summed E-state index contributed by atoms with van der Waals surface area (Å²) in [6.45, 7) is 0.197. The Morgan fingerprint density at radius 1 is 1.47 bits per heavy atom. The summed E-state index contributed by atoms with van der Waals surface area (Å²) in [6.07, 6.45) is -0.0857. The van der Waals surface area contributed by atoms with Gasteiger partial charge in [0.25, 0.3) is 0 Å². The summed E-state index contributed by atoms with van der Waals surface area (Å²) in [4.78, 5) is 10.5. The van der Waals surface area contributed by atoms with Gasteiger partial charge >= 0.3 is 5.97 Å². The number of rotatable bonds is 2. The standard InChI is InChI=1S/C11H11NO3/c12-5-1-2-9-6-8(7-11(14)15)3-4-10(9)13/h3-4,6,13H,5,7,12H2,(H,14,15). The normalized spacial score (nSPS) is 9.13. The van der Waals surface area contributed by atoms with Gasteiger partial charge in [-0.2, -0.15) is 0 Å². The molecule has 0 fully saturated rings. The van der Waals surface area contributed by atoms with Gasteiger partial charge < -0.3 is 15.9 Å². The first-order valence-corrected chi connectivity index (χ1v) is 4.36. The SMILES string of the molecule is NCC#Cc1cc(CC(=O)O)ccc1O. The lowest BCUT2D eigenvalue weighted by Crippen LogP contribution is -2.00. The number of carbonyl (C=O) groups is 1. The molecular weight excluding hydrogens is 194 g/mol. The molecule has 1 rings (SSSR count). The molecule has 0 unspecified atom stereocenters. The molecule has 0 aliphatic carbocycles. The Morgan fingerprint density at radius 3 is 2.80 bits per heavy atom. The van der Waals surface area contributed by atoms with E-state index < -0.39 is 5.97 Å². The van der Waals surface area contributed by atoms with Crippen molar-refractivity contribution in [2.24, 2.45) is 5.73 Å². The zero-order chi connectivity index (χ0) is 11.3. The van der Waals surface area contributed by atoms with Crippen LogP contribution in [-0.2, 0) is 11.2 Å². The van der Waals surface area contributed by atoms with E-state index in [1.54, 1.807) is 12.1 Å². The fraction of sp³-hybridized carbons (Fsp3) is 0.182. The summed E-state index contributed by atoms with van der Waals surface area (Å²) in [7, 11) is 0. The number of carboxylic acid groups (broad SMARTS) is 1. The van der Waals surface area contributed by atoms with E-state index in [-0.39, 0.29) is 18.7 Å². The highest BCUT2D eigenvalue weighted by atomic mass is 16.4. The van der Waals surface area contributed by atoms with Crippen LogP contribution >= 0.6 is 0 Å². The zero-order valence-electron chi connectivity index (χ0n) is 8.03. The fourth-order valence-corrected chi connectivity index (χ4v) is 1.11. The number of hydrogen-bond donors (Lipinski definition) is 3. The second-order valence-electron chi connectivity index (χ2n) is 2.93. The number of benzene rings is 1. The summed E-state index contributed by atoms with van der Waals surface area (Å²) >= 11 is 0. The summed E-state index contributed by atoms with van der Waals surface area (Å²) in [6, 6.07) is 4.53. The Hall–Kier alpha value is -1.99. The molecule has 1 aromatic carbocycles. The molecule has 0 aromatic heterocycles. The molecule has 0 aliphatic rings. The molecule has 4 heteroatoms. The maximum Gasteiger partial charge on any atom is 0.307 e. The van der Waals surface area contributed by atoms with E-state index >= 15 is 0 Å². The molecule has 0 saturated carbocycles. The molecular formula is C11H11NO3. The quantitative estimate of drug-likeness (QED) is 0.607. The van der Waals surface area contributed by atoms with Crippen molar-refractivity contribution in [3.05, 3.63) is 29.3 Å². The molecule has 4 N–H and O–H groups in total. The van der Waals surface area contributed by atoms with E-state index in [9.17, 15) is 9.90 Å². The molecule has 0 aliphatic heterocycles. The molecule has 0 atom stereocenters. The van der Waals surface area contributed by atoms with Gasteiger partial charge in [0.15, 0.2) is 0 Å². The third-order valence-electron chi connectivity index (χ3n) is 1.74. The Kier molecular flexibility index (Phi) is 3.72. The molecule has 78 valence electrons. The largest absolute Gasteiger partial charge is 0.507 e. The Bertz CT molecular complexity index is 429. The van der Waals surface area contributed by atoms with Crippen LogP contribution < -0.4 is 5.73 Å².